The molecule has 0 saturated heterocycles. The van der Waals surface area contributed by atoms with Crippen LogP contribution in [-0.4, -0.2) is 12.4 Å². The summed E-state index contributed by atoms with van der Waals surface area (Å²) in [6.07, 6.45) is 6.10. The highest BCUT2D eigenvalue weighted by atomic mass is 16.5. The van der Waals surface area contributed by atoms with Crippen LogP contribution in [0.2, 0.25) is 0 Å². The second-order valence-corrected chi connectivity index (χ2v) is 8.15. The quantitative estimate of drug-likeness (QED) is 0.498. The van der Waals surface area contributed by atoms with Gasteiger partial charge in [-0.1, -0.05) is 66.7 Å². The summed E-state index contributed by atoms with van der Waals surface area (Å²) in [5.74, 6) is 1.00. The Morgan fingerprint density at radius 1 is 0.900 bits per heavy atom. The lowest BCUT2D eigenvalue weighted by molar-refractivity contribution is -0.119. The molecule has 152 valence electrons. The highest BCUT2D eigenvalue weighted by molar-refractivity contribution is 5.88. The van der Waals surface area contributed by atoms with Gasteiger partial charge in [0.1, 0.15) is 18.1 Å². The van der Waals surface area contributed by atoms with Gasteiger partial charge in [-0.3, -0.25) is 4.79 Å². The molecular formula is C28H28O2. The normalized spacial score (nSPS) is 17.1. The van der Waals surface area contributed by atoms with E-state index in [1.807, 2.05) is 18.2 Å². The van der Waals surface area contributed by atoms with E-state index in [4.69, 9.17) is 4.74 Å². The zero-order valence-corrected chi connectivity index (χ0v) is 17.7. The highest BCUT2D eigenvalue weighted by Gasteiger charge is 2.21. The van der Waals surface area contributed by atoms with Crippen LogP contribution < -0.4 is 4.74 Å². The maximum atomic E-state index is 13.4. The molecule has 3 aromatic carbocycles. The standard InChI is InChI=1S/C28H28O2/c1-20-8-5-9-21(2)27(20)19-28(29)26-14-3-4-15-30-25-13-7-11-23(18-25)16-22-10-6-12-24(26)17-22/h3-13,17-18,26H,14-16,19H2,1-2H3/b4-3+. The largest absolute Gasteiger partial charge is 0.490 e. The van der Waals surface area contributed by atoms with Crippen molar-refractivity contribution in [1.29, 1.82) is 0 Å². The number of benzene rings is 3. The second-order valence-electron chi connectivity index (χ2n) is 8.15. The van der Waals surface area contributed by atoms with E-state index in [1.54, 1.807) is 0 Å². The number of hydrogen-bond donors (Lipinski definition) is 0. The van der Waals surface area contributed by atoms with Gasteiger partial charge in [0.05, 0.1) is 0 Å². The van der Waals surface area contributed by atoms with Crippen LogP contribution in [0.15, 0.2) is 78.9 Å². The van der Waals surface area contributed by atoms with E-state index < -0.39 is 0 Å². The Kier molecular flexibility index (Phi) is 6.13. The molecule has 3 aromatic rings. The van der Waals surface area contributed by atoms with Gasteiger partial charge < -0.3 is 4.74 Å². The van der Waals surface area contributed by atoms with Crippen LogP contribution in [0, 0.1) is 13.8 Å². The Hall–Kier alpha value is -3.13. The SMILES string of the molecule is Cc1cccc(C)c1CC(=O)C1C/C=C/COc2cccc(c2)Cc2cccc1c2. The number of hydrogen-bond acceptors (Lipinski definition) is 2. The van der Waals surface area contributed by atoms with Crippen LogP contribution in [0.5, 0.6) is 5.75 Å². The maximum absolute atomic E-state index is 13.4. The van der Waals surface area contributed by atoms with Gasteiger partial charge in [-0.15, -0.1) is 0 Å². The summed E-state index contributed by atoms with van der Waals surface area (Å²) in [5.41, 5.74) is 7.06. The summed E-state index contributed by atoms with van der Waals surface area (Å²) in [7, 11) is 0. The van der Waals surface area contributed by atoms with Crippen molar-refractivity contribution in [3.05, 3.63) is 112 Å². The van der Waals surface area contributed by atoms with Gasteiger partial charge in [-0.05, 0) is 72.2 Å². The minimum absolute atomic E-state index is 0.149. The zero-order chi connectivity index (χ0) is 20.9. The molecule has 30 heavy (non-hydrogen) atoms. The molecule has 1 aliphatic rings. The second kappa shape index (κ2) is 9.13. The van der Waals surface area contributed by atoms with Crippen molar-refractivity contribution in [1.82, 2.24) is 0 Å². The van der Waals surface area contributed by atoms with Gasteiger partial charge in [-0.2, -0.15) is 0 Å². The fourth-order valence-corrected chi connectivity index (χ4v) is 4.22. The Morgan fingerprint density at radius 2 is 1.60 bits per heavy atom. The number of ketones is 1. The van der Waals surface area contributed by atoms with Gasteiger partial charge in [0.25, 0.3) is 0 Å². The highest BCUT2D eigenvalue weighted by Crippen LogP contribution is 2.27. The minimum Gasteiger partial charge on any atom is -0.490 e. The first kappa shape index (κ1) is 20.2. The fraction of sp³-hybridized carbons (Fsp3) is 0.250. The smallest absolute Gasteiger partial charge is 0.145 e. The zero-order valence-electron chi connectivity index (χ0n) is 17.7. The summed E-state index contributed by atoms with van der Waals surface area (Å²) in [4.78, 5) is 13.4. The first-order chi connectivity index (χ1) is 14.6. The van der Waals surface area contributed by atoms with Crippen molar-refractivity contribution < 1.29 is 9.53 Å². The molecule has 0 spiro atoms. The van der Waals surface area contributed by atoms with E-state index in [2.05, 4.69) is 74.5 Å². The number of aryl methyl sites for hydroxylation is 2. The van der Waals surface area contributed by atoms with Crippen LogP contribution >= 0.6 is 0 Å². The third-order valence-electron chi connectivity index (χ3n) is 5.93. The van der Waals surface area contributed by atoms with E-state index in [0.717, 1.165) is 23.3 Å². The molecule has 0 fully saturated rings. The van der Waals surface area contributed by atoms with Crippen LogP contribution in [0.3, 0.4) is 0 Å². The minimum atomic E-state index is -0.149. The Balaban J connectivity index is 1.66. The molecule has 0 aromatic heterocycles. The summed E-state index contributed by atoms with van der Waals surface area (Å²) >= 11 is 0. The van der Waals surface area contributed by atoms with Crippen molar-refractivity contribution in [2.24, 2.45) is 0 Å². The van der Waals surface area contributed by atoms with Crippen molar-refractivity contribution in [3.63, 3.8) is 0 Å². The summed E-state index contributed by atoms with van der Waals surface area (Å²) in [5, 5.41) is 0. The predicted octanol–water partition coefficient (Wildman–Crippen LogP) is 6.13. The van der Waals surface area contributed by atoms with Crippen molar-refractivity contribution in [2.75, 3.05) is 6.61 Å². The molecule has 0 amide bonds. The lowest BCUT2D eigenvalue weighted by atomic mass is 9.85. The average Bonchev–Trinajstić information content (AvgIpc) is 2.74. The molecule has 4 rings (SSSR count). The van der Waals surface area contributed by atoms with Crippen LogP contribution in [0.4, 0.5) is 0 Å². The Bertz CT molecular complexity index is 1060. The molecule has 2 heteroatoms. The molecule has 0 aliphatic carbocycles. The lowest BCUT2D eigenvalue weighted by Crippen LogP contribution is -2.16. The number of Topliss-reactive ketones (excluding diaryl/α,β-unsaturated/α-hetero) is 1. The molecule has 2 nitrogen and oxygen atoms in total. The summed E-state index contributed by atoms with van der Waals surface area (Å²) < 4.78 is 5.87. The van der Waals surface area contributed by atoms with Gasteiger partial charge in [0.2, 0.25) is 0 Å². The summed E-state index contributed by atoms with van der Waals surface area (Å²) in [6, 6.07) is 23.0. The molecule has 0 N–H and O–H groups in total. The van der Waals surface area contributed by atoms with Gasteiger partial charge in [0, 0.05) is 12.3 Å². The van der Waals surface area contributed by atoms with Crippen LogP contribution in [0.25, 0.3) is 0 Å². The first-order valence-corrected chi connectivity index (χ1v) is 10.6. The van der Waals surface area contributed by atoms with Crippen molar-refractivity contribution in [2.45, 2.75) is 39.0 Å². The van der Waals surface area contributed by atoms with Crippen molar-refractivity contribution >= 4 is 5.78 Å². The monoisotopic (exact) mass is 396 g/mol. The topological polar surface area (TPSA) is 26.3 Å². The summed E-state index contributed by atoms with van der Waals surface area (Å²) in [6.45, 7) is 4.69. The first-order valence-electron chi connectivity index (χ1n) is 10.6. The number of fused-ring (bicyclic) bond motifs is 4. The number of carbonyl (C=O) groups is 1. The van der Waals surface area contributed by atoms with Crippen LogP contribution in [0.1, 0.15) is 45.7 Å². The van der Waals surface area contributed by atoms with Crippen molar-refractivity contribution in [3.8, 4) is 5.75 Å². The molecular weight excluding hydrogens is 368 g/mol. The van der Waals surface area contributed by atoms with E-state index in [-0.39, 0.29) is 11.7 Å². The fourth-order valence-electron chi connectivity index (χ4n) is 4.22. The molecule has 1 unspecified atom stereocenters. The molecule has 1 aliphatic heterocycles. The van der Waals surface area contributed by atoms with E-state index in [9.17, 15) is 4.79 Å². The number of ether oxygens (including phenoxy) is 1. The molecule has 1 atom stereocenters. The van der Waals surface area contributed by atoms with Gasteiger partial charge >= 0.3 is 0 Å². The molecule has 1 heterocycles. The molecule has 4 bridgehead atoms. The average molecular weight is 397 g/mol. The van der Waals surface area contributed by atoms with Gasteiger partial charge in [-0.25, -0.2) is 0 Å². The van der Waals surface area contributed by atoms with E-state index in [1.165, 1.54) is 22.3 Å². The predicted molar refractivity (Wildman–Crippen MR) is 122 cm³/mol. The van der Waals surface area contributed by atoms with Crippen LogP contribution in [-0.2, 0) is 17.6 Å². The number of carbonyl (C=O) groups excluding carboxylic acids is 1. The number of rotatable bonds is 3. The Morgan fingerprint density at radius 3 is 2.40 bits per heavy atom. The Labute approximate surface area is 179 Å². The maximum Gasteiger partial charge on any atom is 0.145 e. The van der Waals surface area contributed by atoms with Gasteiger partial charge in [0.15, 0.2) is 0 Å². The molecule has 0 radical (unpaired) electrons. The van der Waals surface area contributed by atoms with E-state index in [0.29, 0.717) is 19.4 Å². The molecule has 0 saturated carbocycles. The third kappa shape index (κ3) is 4.71. The third-order valence-corrected chi connectivity index (χ3v) is 5.93. The lowest BCUT2D eigenvalue weighted by Gasteiger charge is -2.18. The van der Waals surface area contributed by atoms with E-state index >= 15 is 0 Å². The number of allylic oxidation sites excluding steroid dienone is 1.